The van der Waals surface area contributed by atoms with Crippen molar-refractivity contribution in [1.82, 2.24) is 4.90 Å². The van der Waals surface area contributed by atoms with Gasteiger partial charge in [-0.05, 0) is 49.2 Å². The average molecular weight is 423 g/mol. The summed E-state index contributed by atoms with van der Waals surface area (Å²) in [4.78, 5) is 14.7. The van der Waals surface area contributed by atoms with Crippen molar-refractivity contribution >= 4 is 34.8 Å². The topological polar surface area (TPSA) is 50.8 Å². The molecule has 1 N–H and O–H groups in total. The Bertz CT molecular complexity index is 840. The number of benzene rings is 2. The van der Waals surface area contributed by atoms with Crippen LogP contribution in [0.1, 0.15) is 24.8 Å². The van der Waals surface area contributed by atoms with E-state index in [0.29, 0.717) is 41.3 Å². The first kappa shape index (κ1) is 20.8. The van der Waals surface area contributed by atoms with Gasteiger partial charge in [-0.2, -0.15) is 0 Å². The van der Waals surface area contributed by atoms with Gasteiger partial charge in [0.25, 0.3) is 0 Å². The Labute approximate surface area is 175 Å². The first-order chi connectivity index (χ1) is 13.5. The summed E-state index contributed by atoms with van der Waals surface area (Å²) in [5, 5.41) is 3.85. The van der Waals surface area contributed by atoms with Gasteiger partial charge in [0.15, 0.2) is 0 Å². The predicted octanol–water partition coefficient (Wildman–Crippen LogP) is 5.00. The summed E-state index contributed by atoms with van der Waals surface area (Å²) in [7, 11) is 3.31. The largest absolute Gasteiger partial charge is 0.497 e. The van der Waals surface area contributed by atoms with Gasteiger partial charge in [-0.3, -0.25) is 9.69 Å². The van der Waals surface area contributed by atoms with Crippen LogP contribution in [0.2, 0.25) is 10.0 Å². The van der Waals surface area contributed by atoms with Gasteiger partial charge in [0.1, 0.15) is 11.5 Å². The minimum absolute atomic E-state index is 0.0903. The quantitative estimate of drug-likeness (QED) is 0.617. The van der Waals surface area contributed by atoms with Crippen molar-refractivity contribution in [2.45, 2.75) is 31.8 Å². The van der Waals surface area contributed by atoms with Crippen LogP contribution in [0.4, 0.5) is 5.69 Å². The molecular weight excluding hydrogens is 399 g/mol. The van der Waals surface area contributed by atoms with Crippen LogP contribution in [-0.4, -0.2) is 37.6 Å². The van der Waals surface area contributed by atoms with Gasteiger partial charge in [-0.25, -0.2) is 0 Å². The standard InChI is InChI=1S/C21H24Cl2N2O3/c1-27-17-6-8-20(28-2)14(11-17)13-25(16-4-5-16)10-9-21(26)24-19-12-15(22)3-7-18(19)23/h3,6-8,11-12,16H,4-5,9-10,13H2,1-2H3,(H,24,26). The predicted molar refractivity (Wildman–Crippen MR) is 113 cm³/mol. The fourth-order valence-corrected chi connectivity index (χ4v) is 3.44. The summed E-state index contributed by atoms with van der Waals surface area (Å²) in [6.45, 7) is 1.35. The van der Waals surface area contributed by atoms with Crippen molar-refractivity contribution in [3.05, 3.63) is 52.0 Å². The van der Waals surface area contributed by atoms with Crippen LogP contribution in [0.5, 0.6) is 11.5 Å². The average Bonchev–Trinajstić information content (AvgIpc) is 3.53. The number of nitrogens with zero attached hydrogens (tertiary/aromatic N) is 1. The van der Waals surface area contributed by atoms with Gasteiger partial charge >= 0.3 is 0 Å². The van der Waals surface area contributed by atoms with E-state index in [1.54, 1.807) is 32.4 Å². The smallest absolute Gasteiger partial charge is 0.225 e. The van der Waals surface area contributed by atoms with Gasteiger partial charge in [-0.15, -0.1) is 0 Å². The fourth-order valence-electron chi connectivity index (χ4n) is 3.11. The molecule has 2 aromatic carbocycles. The number of amides is 1. The van der Waals surface area contributed by atoms with E-state index < -0.39 is 0 Å². The zero-order valence-electron chi connectivity index (χ0n) is 16.0. The molecule has 0 atom stereocenters. The first-order valence-electron chi connectivity index (χ1n) is 9.20. The molecule has 28 heavy (non-hydrogen) atoms. The third kappa shape index (κ3) is 5.53. The monoisotopic (exact) mass is 422 g/mol. The third-order valence-corrected chi connectivity index (χ3v) is 5.32. The molecule has 0 aliphatic heterocycles. The molecule has 5 nitrogen and oxygen atoms in total. The summed E-state index contributed by atoms with van der Waals surface area (Å²) in [6, 6.07) is 11.3. The molecule has 1 saturated carbocycles. The Morgan fingerprint density at radius 2 is 1.93 bits per heavy atom. The molecule has 1 aliphatic carbocycles. The van der Waals surface area contributed by atoms with Gasteiger partial charge in [0, 0.05) is 36.1 Å². The Morgan fingerprint density at radius 3 is 2.61 bits per heavy atom. The van der Waals surface area contributed by atoms with E-state index in [9.17, 15) is 4.79 Å². The number of anilines is 1. The highest BCUT2D eigenvalue weighted by Gasteiger charge is 2.29. The van der Waals surface area contributed by atoms with Crippen LogP contribution in [0.25, 0.3) is 0 Å². The molecule has 1 aliphatic rings. The van der Waals surface area contributed by atoms with E-state index >= 15 is 0 Å². The zero-order chi connectivity index (χ0) is 20.1. The molecule has 3 rings (SSSR count). The Morgan fingerprint density at radius 1 is 1.14 bits per heavy atom. The van der Waals surface area contributed by atoms with Crippen LogP contribution < -0.4 is 14.8 Å². The highest BCUT2D eigenvalue weighted by molar-refractivity contribution is 6.35. The number of hydrogen-bond donors (Lipinski definition) is 1. The van der Waals surface area contributed by atoms with Crippen molar-refractivity contribution in [2.24, 2.45) is 0 Å². The van der Waals surface area contributed by atoms with E-state index in [0.717, 1.165) is 29.9 Å². The lowest BCUT2D eigenvalue weighted by molar-refractivity contribution is -0.116. The van der Waals surface area contributed by atoms with E-state index in [-0.39, 0.29) is 5.91 Å². The first-order valence-corrected chi connectivity index (χ1v) is 9.95. The highest BCUT2D eigenvalue weighted by Crippen LogP contribution is 2.32. The Kier molecular flexibility index (Phi) is 7.05. The number of hydrogen-bond acceptors (Lipinski definition) is 4. The van der Waals surface area contributed by atoms with E-state index in [1.165, 1.54) is 0 Å². The van der Waals surface area contributed by atoms with Crippen LogP contribution in [-0.2, 0) is 11.3 Å². The molecular formula is C21H24Cl2N2O3. The van der Waals surface area contributed by atoms with Crippen LogP contribution in [0, 0.1) is 0 Å². The fraction of sp³-hybridized carbons (Fsp3) is 0.381. The molecule has 0 heterocycles. The van der Waals surface area contributed by atoms with Gasteiger partial charge in [0.05, 0.1) is 24.9 Å². The van der Waals surface area contributed by atoms with Crippen molar-refractivity contribution < 1.29 is 14.3 Å². The van der Waals surface area contributed by atoms with Crippen LogP contribution in [0.15, 0.2) is 36.4 Å². The summed E-state index contributed by atoms with van der Waals surface area (Å²) >= 11 is 12.1. The van der Waals surface area contributed by atoms with E-state index in [1.807, 2.05) is 18.2 Å². The highest BCUT2D eigenvalue weighted by atomic mass is 35.5. The molecule has 0 bridgehead atoms. The van der Waals surface area contributed by atoms with Crippen molar-refractivity contribution in [1.29, 1.82) is 0 Å². The lowest BCUT2D eigenvalue weighted by Crippen LogP contribution is -2.29. The van der Waals surface area contributed by atoms with E-state index in [2.05, 4.69) is 10.2 Å². The lowest BCUT2D eigenvalue weighted by Gasteiger charge is -2.23. The van der Waals surface area contributed by atoms with Gasteiger partial charge in [0.2, 0.25) is 5.91 Å². The third-order valence-electron chi connectivity index (χ3n) is 4.75. The van der Waals surface area contributed by atoms with Gasteiger partial charge in [-0.1, -0.05) is 23.2 Å². The number of ether oxygens (including phenoxy) is 2. The molecule has 0 spiro atoms. The number of rotatable bonds is 9. The summed E-state index contributed by atoms with van der Waals surface area (Å²) in [5.74, 6) is 1.52. The SMILES string of the molecule is COc1ccc(OC)c(CN(CCC(=O)Nc2cc(Cl)ccc2Cl)C2CC2)c1. The summed E-state index contributed by atoms with van der Waals surface area (Å²) < 4.78 is 10.8. The summed E-state index contributed by atoms with van der Waals surface area (Å²) in [5.41, 5.74) is 1.58. The molecule has 0 aromatic heterocycles. The Hall–Kier alpha value is -1.95. The molecule has 2 aromatic rings. The molecule has 150 valence electrons. The second kappa shape index (κ2) is 9.50. The van der Waals surface area contributed by atoms with Gasteiger partial charge < -0.3 is 14.8 Å². The number of nitrogens with one attached hydrogen (secondary N) is 1. The maximum atomic E-state index is 12.4. The normalized spacial score (nSPS) is 13.5. The van der Waals surface area contributed by atoms with Crippen molar-refractivity contribution in [3.8, 4) is 11.5 Å². The number of methoxy groups -OCH3 is 2. The van der Waals surface area contributed by atoms with E-state index in [4.69, 9.17) is 32.7 Å². The molecule has 0 saturated heterocycles. The second-order valence-corrected chi connectivity index (χ2v) is 7.65. The molecule has 7 heteroatoms. The van der Waals surface area contributed by atoms with Crippen molar-refractivity contribution in [2.75, 3.05) is 26.1 Å². The molecule has 1 amide bonds. The number of carbonyl (C=O) groups is 1. The minimum Gasteiger partial charge on any atom is -0.497 e. The minimum atomic E-state index is -0.0903. The van der Waals surface area contributed by atoms with Crippen molar-refractivity contribution in [3.63, 3.8) is 0 Å². The molecule has 1 fully saturated rings. The van der Waals surface area contributed by atoms with Crippen LogP contribution in [0.3, 0.4) is 0 Å². The maximum Gasteiger partial charge on any atom is 0.225 e. The number of carbonyl (C=O) groups excluding carboxylic acids is 1. The summed E-state index contributed by atoms with van der Waals surface area (Å²) in [6.07, 6.45) is 2.66. The lowest BCUT2D eigenvalue weighted by atomic mass is 10.1. The second-order valence-electron chi connectivity index (χ2n) is 6.80. The molecule has 0 unspecified atom stereocenters. The Balaban J connectivity index is 1.63. The molecule has 0 radical (unpaired) electrons. The maximum absolute atomic E-state index is 12.4. The number of halogens is 2. The zero-order valence-corrected chi connectivity index (χ0v) is 17.5. The van der Waals surface area contributed by atoms with Crippen LogP contribution >= 0.6 is 23.2 Å².